The number of nitrogens with zero attached hydrogens (tertiary/aromatic N) is 2. The van der Waals surface area contributed by atoms with Gasteiger partial charge in [0.15, 0.2) is 18.7 Å². The third-order valence-corrected chi connectivity index (χ3v) is 2.33. The van der Waals surface area contributed by atoms with Gasteiger partial charge in [0.05, 0.1) is 10.6 Å². The molecular weight excluding hydrogens is 244 g/mol. The van der Waals surface area contributed by atoms with Crippen molar-refractivity contribution in [2.75, 3.05) is 0 Å². The van der Waals surface area contributed by atoms with Crippen LogP contribution in [0.5, 0.6) is 5.75 Å². The van der Waals surface area contributed by atoms with Gasteiger partial charge in [-0.3, -0.25) is 4.79 Å². The molecule has 1 aromatic carbocycles. The van der Waals surface area contributed by atoms with Crippen molar-refractivity contribution in [3.05, 3.63) is 40.5 Å². The lowest BCUT2D eigenvalue weighted by Gasteiger charge is -2.07. The number of halogens is 1. The van der Waals surface area contributed by atoms with Gasteiger partial charge in [-0.1, -0.05) is 22.8 Å². The molecule has 0 fully saturated rings. The normalized spacial score (nSPS) is 10.2. The summed E-state index contributed by atoms with van der Waals surface area (Å²) in [5.74, 6) is 1.18. The first-order valence-electron chi connectivity index (χ1n) is 4.86. The first kappa shape index (κ1) is 11.6. The molecule has 0 atom stereocenters. The molecule has 0 unspecified atom stereocenters. The minimum Gasteiger partial charge on any atom is -0.481 e. The molecule has 0 N–H and O–H groups in total. The van der Waals surface area contributed by atoms with E-state index in [9.17, 15) is 4.79 Å². The lowest BCUT2D eigenvalue weighted by Crippen LogP contribution is -1.99. The molecule has 6 heteroatoms. The van der Waals surface area contributed by atoms with Gasteiger partial charge in [-0.2, -0.15) is 4.98 Å². The highest BCUT2D eigenvalue weighted by Gasteiger charge is 2.10. The Morgan fingerprint density at radius 3 is 3.00 bits per heavy atom. The number of carbonyl (C=O) groups is 1. The summed E-state index contributed by atoms with van der Waals surface area (Å²) in [4.78, 5) is 14.8. The average Bonchev–Trinajstić information content (AvgIpc) is 2.73. The minimum atomic E-state index is 0.0748. The Morgan fingerprint density at radius 1 is 1.53 bits per heavy atom. The maximum absolute atomic E-state index is 10.8. The highest BCUT2D eigenvalue weighted by atomic mass is 35.5. The van der Waals surface area contributed by atoms with E-state index >= 15 is 0 Å². The summed E-state index contributed by atoms with van der Waals surface area (Å²) in [6.45, 7) is 1.78. The fourth-order valence-electron chi connectivity index (χ4n) is 1.30. The smallest absolute Gasteiger partial charge is 0.264 e. The van der Waals surface area contributed by atoms with Crippen LogP contribution in [0.25, 0.3) is 0 Å². The first-order chi connectivity index (χ1) is 8.20. The van der Waals surface area contributed by atoms with E-state index in [0.29, 0.717) is 34.3 Å². The van der Waals surface area contributed by atoms with Crippen LogP contribution < -0.4 is 4.74 Å². The van der Waals surface area contributed by atoms with Crippen molar-refractivity contribution >= 4 is 17.9 Å². The zero-order chi connectivity index (χ0) is 12.3. The van der Waals surface area contributed by atoms with Crippen LogP contribution >= 0.6 is 11.6 Å². The van der Waals surface area contributed by atoms with Crippen LogP contribution in [0.15, 0.2) is 22.7 Å². The van der Waals surface area contributed by atoms with E-state index in [-0.39, 0.29) is 6.61 Å². The molecule has 0 aliphatic carbocycles. The van der Waals surface area contributed by atoms with Crippen molar-refractivity contribution in [2.24, 2.45) is 0 Å². The van der Waals surface area contributed by atoms with E-state index in [1.807, 2.05) is 0 Å². The van der Waals surface area contributed by atoms with Crippen LogP contribution in [-0.4, -0.2) is 16.4 Å². The van der Waals surface area contributed by atoms with Crippen LogP contribution in [0, 0.1) is 6.92 Å². The number of hydrogen-bond donors (Lipinski definition) is 0. The number of para-hydroxylation sites is 1. The number of ether oxygens (including phenoxy) is 1. The van der Waals surface area contributed by atoms with Gasteiger partial charge in [0, 0.05) is 0 Å². The van der Waals surface area contributed by atoms with Gasteiger partial charge in [0.25, 0.3) is 5.89 Å². The number of aryl methyl sites for hydroxylation is 1. The van der Waals surface area contributed by atoms with Crippen molar-refractivity contribution in [3.8, 4) is 5.75 Å². The molecule has 0 amide bonds. The van der Waals surface area contributed by atoms with Gasteiger partial charge >= 0.3 is 0 Å². The van der Waals surface area contributed by atoms with E-state index in [1.54, 1.807) is 25.1 Å². The second-order valence-electron chi connectivity index (χ2n) is 3.30. The molecule has 1 heterocycles. The molecular formula is C11H9ClN2O3. The molecule has 17 heavy (non-hydrogen) atoms. The fourth-order valence-corrected chi connectivity index (χ4v) is 1.54. The van der Waals surface area contributed by atoms with Crippen LogP contribution in [0.3, 0.4) is 0 Å². The number of aldehydes is 1. The van der Waals surface area contributed by atoms with Crippen molar-refractivity contribution in [1.29, 1.82) is 0 Å². The van der Waals surface area contributed by atoms with Crippen molar-refractivity contribution in [3.63, 3.8) is 0 Å². The topological polar surface area (TPSA) is 65.2 Å². The highest BCUT2D eigenvalue weighted by molar-refractivity contribution is 6.32. The van der Waals surface area contributed by atoms with Gasteiger partial charge in [-0.25, -0.2) is 0 Å². The quantitative estimate of drug-likeness (QED) is 0.782. The zero-order valence-electron chi connectivity index (χ0n) is 9.01. The van der Waals surface area contributed by atoms with Crippen molar-refractivity contribution in [2.45, 2.75) is 13.5 Å². The zero-order valence-corrected chi connectivity index (χ0v) is 9.77. The highest BCUT2D eigenvalue weighted by Crippen LogP contribution is 2.28. The standard InChI is InChI=1S/C11H9ClN2O3/c1-7-13-10(17-14-7)6-16-11-8(5-15)3-2-4-9(11)12/h2-5H,6H2,1H3. The Morgan fingerprint density at radius 2 is 2.35 bits per heavy atom. The van der Waals surface area contributed by atoms with Gasteiger partial charge in [0.1, 0.15) is 5.75 Å². The second-order valence-corrected chi connectivity index (χ2v) is 3.71. The predicted octanol–water partition coefficient (Wildman–Crippen LogP) is 2.42. The van der Waals surface area contributed by atoms with Crippen molar-refractivity contribution in [1.82, 2.24) is 10.1 Å². The molecule has 88 valence electrons. The van der Waals surface area contributed by atoms with Crippen molar-refractivity contribution < 1.29 is 14.1 Å². The molecule has 0 saturated heterocycles. The average molecular weight is 253 g/mol. The summed E-state index contributed by atoms with van der Waals surface area (Å²) in [6, 6.07) is 4.94. The summed E-state index contributed by atoms with van der Waals surface area (Å²) >= 11 is 5.93. The minimum absolute atomic E-state index is 0.0748. The molecule has 0 spiro atoms. The van der Waals surface area contributed by atoms with Gasteiger partial charge < -0.3 is 9.26 Å². The Hall–Kier alpha value is -1.88. The summed E-state index contributed by atoms with van der Waals surface area (Å²) < 4.78 is 10.3. The summed E-state index contributed by atoms with van der Waals surface area (Å²) in [5.41, 5.74) is 0.383. The Balaban J connectivity index is 2.16. The first-order valence-corrected chi connectivity index (χ1v) is 5.24. The number of hydrogen-bond acceptors (Lipinski definition) is 5. The SMILES string of the molecule is Cc1noc(COc2c(Cl)cccc2C=O)n1. The van der Waals surface area contributed by atoms with E-state index < -0.39 is 0 Å². The van der Waals surface area contributed by atoms with Gasteiger partial charge in [-0.15, -0.1) is 0 Å². The van der Waals surface area contributed by atoms with Crippen LogP contribution in [0.4, 0.5) is 0 Å². The molecule has 1 aromatic heterocycles. The molecule has 2 rings (SSSR count). The number of carbonyl (C=O) groups excluding carboxylic acids is 1. The Labute approximate surface area is 102 Å². The lowest BCUT2D eigenvalue weighted by molar-refractivity contribution is 0.111. The van der Waals surface area contributed by atoms with Gasteiger partial charge in [-0.05, 0) is 19.1 Å². The Kier molecular flexibility index (Phi) is 3.39. The Bertz CT molecular complexity index is 539. The fraction of sp³-hybridized carbons (Fsp3) is 0.182. The summed E-state index contributed by atoms with van der Waals surface area (Å²) in [7, 11) is 0. The lowest BCUT2D eigenvalue weighted by atomic mass is 10.2. The molecule has 0 radical (unpaired) electrons. The molecule has 0 bridgehead atoms. The molecule has 0 saturated carbocycles. The van der Waals surface area contributed by atoms with E-state index in [4.69, 9.17) is 20.9 Å². The molecule has 2 aromatic rings. The van der Waals surface area contributed by atoms with E-state index in [0.717, 1.165) is 0 Å². The summed E-state index contributed by atoms with van der Waals surface area (Å²) in [5, 5.41) is 3.99. The maximum atomic E-state index is 10.8. The van der Waals surface area contributed by atoms with Gasteiger partial charge in [0.2, 0.25) is 0 Å². The van der Waals surface area contributed by atoms with E-state index in [1.165, 1.54) is 0 Å². The number of benzene rings is 1. The molecule has 5 nitrogen and oxygen atoms in total. The number of aromatic nitrogens is 2. The largest absolute Gasteiger partial charge is 0.481 e. The number of rotatable bonds is 4. The third kappa shape index (κ3) is 2.62. The van der Waals surface area contributed by atoms with E-state index in [2.05, 4.69) is 10.1 Å². The second kappa shape index (κ2) is 4.97. The molecule has 0 aliphatic rings. The predicted molar refractivity (Wildman–Crippen MR) is 60.2 cm³/mol. The van der Waals surface area contributed by atoms with Crippen LogP contribution in [0.1, 0.15) is 22.1 Å². The van der Waals surface area contributed by atoms with Crippen LogP contribution in [-0.2, 0) is 6.61 Å². The van der Waals surface area contributed by atoms with Crippen LogP contribution in [0.2, 0.25) is 5.02 Å². The maximum Gasteiger partial charge on any atom is 0.264 e. The monoisotopic (exact) mass is 252 g/mol. The molecule has 0 aliphatic heterocycles. The third-order valence-electron chi connectivity index (χ3n) is 2.03. The summed E-state index contributed by atoms with van der Waals surface area (Å²) in [6.07, 6.45) is 0.681.